The van der Waals surface area contributed by atoms with Crippen LogP contribution in [0.3, 0.4) is 0 Å². The van der Waals surface area contributed by atoms with Crippen LogP contribution in [0.5, 0.6) is 17.2 Å². The summed E-state index contributed by atoms with van der Waals surface area (Å²) in [4.78, 5) is 0.0439. The third-order valence-corrected chi connectivity index (χ3v) is 10.2. The Hall–Kier alpha value is -3.90. The maximum atomic E-state index is 12.5. The number of rotatable bonds is 17. The Morgan fingerprint density at radius 1 is 0.694 bits per heavy atom. The van der Waals surface area contributed by atoms with Crippen molar-refractivity contribution in [1.82, 2.24) is 0 Å². The molecule has 3 atom stereocenters. The Balaban J connectivity index is 1.36. The largest absolute Gasteiger partial charge is 0.508 e. The molecule has 264 valence electrons. The van der Waals surface area contributed by atoms with Crippen LogP contribution in [0, 0.1) is 0 Å². The number of hydrogen-bond donors (Lipinski definition) is 2. The number of ether oxygens (including phenoxy) is 1. The Morgan fingerprint density at radius 2 is 1.18 bits per heavy atom. The first-order chi connectivity index (χ1) is 23.0. The molecule has 0 saturated heterocycles. The number of hydrogen-bond acceptors (Lipinski definition) is 9. The highest BCUT2D eigenvalue weighted by Crippen LogP contribution is 2.38. The second-order valence-corrected chi connectivity index (χ2v) is 16.4. The van der Waals surface area contributed by atoms with Gasteiger partial charge in [0.05, 0.1) is 23.4 Å². The predicted molar refractivity (Wildman–Crippen MR) is 190 cm³/mol. The first-order valence-corrected chi connectivity index (χ1v) is 19.4. The zero-order valence-electron chi connectivity index (χ0n) is 28.6. The van der Waals surface area contributed by atoms with Crippen molar-refractivity contribution in [3.8, 4) is 17.2 Å². The van der Waals surface area contributed by atoms with Crippen LogP contribution in [0.2, 0.25) is 0 Å². The van der Waals surface area contributed by atoms with Gasteiger partial charge in [0.25, 0.3) is 10.1 Å². The Kier molecular flexibility index (Phi) is 12.5. The lowest BCUT2D eigenvalue weighted by atomic mass is 9.79. The van der Waals surface area contributed by atoms with Gasteiger partial charge < -0.3 is 19.1 Å². The normalized spacial score (nSPS) is 14.2. The molecule has 49 heavy (non-hydrogen) atoms. The molecule has 2 N–H and O–H groups in total. The second kappa shape index (κ2) is 16.2. The zero-order chi connectivity index (χ0) is 35.8. The lowest BCUT2D eigenvalue weighted by Crippen LogP contribution is -2.22. The minimum atomic E-state index is -3.92. The van der Waals surface area contributed by atoms with Gasteiger partial charge in [-0.25, -0.2) is 0 Å². The Bertz CT molecular complexity index is 1850. The summed E-state index contributed by atoms with van der Waals surface area (Å²) in [6.45, 7) is 7.68. The molecule has 0 fully saturated rings. The summed E-state index contributed by atoms with van der Waals surface area (Å²) in [7, 11) is -7.52. The van der Waals surface area contributed by atoms with Crippen molar-refractivity contribution < 1.29 is 40.2 Å². The van der Waals surface area contributed by atoms with Gasteiger partial charge in [0.1, 0.15) is 23.9 Å². The van der Waals surface area contributed by atoms with Gasteiger partial charge in [-0.3, -0.25) is 4.18 Å². The number of phenolic OH excluding ortho intramolecular Hbond substituents is 1. The van der Waals surface area contributed by atoms with Gasteiger partial charge in [-0.05, 0) is 115 Å². The standard InChI is InChI=1S/C38H46O9S2/c1-27(24-33(32-8-14-34(39)15-9-32)25-28(2)31-12-18-36(19-13-31)47-48(5,41)42)30-10-16-35(17-11-30)45-26-29-6-20-37(21-7-29)49(43,44)46-23-22-38(3,4)40/h6-21,27-28,33,39-40H,22-26H2,1-5H3. The molecule has 0 amide bonds. The van der Waals surface area contributed by atoms with Crippen molar-refractivity contribution in [2.75, 3.05) is 12.9 Å². The molecule has 0 saturated carbocycles. The molecule has 3 unspecified atom stereocenters. The molecule has 0 aliphatic rings. The summed E-state index contributed by atoms with van der Waals surface area (Å²) < 4.78 is 63.9. The molecule has 0 aliphatic heterocycles. The summed E-state index contributed by atoms with van der Waals surface area (Å²) >= 11 is 0. The molecule has 0 radical (unpaired) electrons. The third-order valence-electron chi connectivity index (χ3n) is 8.36. The summed E-state index contributed by atoms with van der Waals surface area (Å²) in [5.74, 6) is 1.76. The van der Waals surface area contributed by atoms with Gasteiger partial charge in [0.2, 0.25) is 0 Å². The van der Waals surface area contributed by atoms with Gasteiger partial charge in [-0.15, -0.1) is 0 Å². The van der Waals surface area contributed by atoms with Gasteiger partial charge >= 0.3 is 10.1 Å². The highest BCUT2D eigenvalue weighted by atomic mass is 32.2. The van der Waals surface area contributed by atoms with E-state index < -0.39 is 25.8 Å². The molecular weight excluding hydrogens is 665 g/mol. The molecule has 4 aromatic carbocycles. The fourth-order valence-electron chi connectivity index (χ4n) is 5.55. The fourth-order valence-corrected chi connectivity index (χ4v) is 6.92. The average molecular weight is 711 g/mol. The van der Waals surface area contributed by atoms with E-state index in [0.29, 0.717) is 5.75 Å². The van der Waals surface area contributed by atoms with Crippen LogP contribution in [-0.2, 0) is 31.0 Å². The molecule has 4 rings (SSSR count). The van der Waals surface area contributed by atoms with Crippen LogP contribution >= 0.6 is 0 Å². The van der Waals surface area contributed by atoms with Crippen molar-refractivity contribution in [3.05, 3.63) is 119 Å². The highest BCUT2D eigenvalue weighted by molar-refractivity contribution is 7.86. The number of aromatic hydroxyl groups is 1. The van der Waals surface area contributed by atoms with Crippen molar-refractivity contribution in [3.63, 3.8) is 0 Å². The van der Waals surface area contributed by atoms with E-state index in [1.807, 2.05) is 36.4 Å². The maximum absolute atomic E-state index is 12.5. The van der Waals surface area contributed by atoms with Crippen molar-refractivity contribution >= 4 is 20.2 Å². The number of aliphatic hydroxyl groups is 1. The van der Waals surface area contributed by atoms with Gasteiger partial charge in [-0.2, -0.15) is 16.8 Å². The van der Waals surface area contributed by atoms with E-state index in [9.17, 15) is 27.0 Å². The summed E-state index contributed by atoms with van der Waals surface area (Å²) in [6, 6.07) is 28.8. The lowest BCUT2D eigenvalue weighted by molar-refractivity contribution is 0.0564. The van der Waals surface area contributed by atoms with Crippen LogP contribution in [0.4, 0.5) is 0 Å². The van der Waals surface area contributed by atoms with E-state index in [1.54, 1.807) is 50.2 Å². The van der Waals surface area contributed by atoms with Crippen LogP contribution in [-0.4, -0.2) is 45.5 Å². The van der Waals surface area contributed by atoms with Gasteiger partial charge in [0.15, 0.2) is 0 Å². The molecule has 11 heteroatoms. The first-order valence-electron chi connectivity index (χ1n) is 16.2. The van der Waals surface area contributed by atoms with Crippen LogP contribution in [0.15, 0.2) is 102 Å². The smallest absolute Gasteiger partial charge is 0.306 e. The van der Waals surface area contributed by atoms with Gasteiger partial charge in [-0.1, -0.05) is 62.4 Å². The Morgan fingerprint density at radius 3 is 1.67 bits per heavy atom. The molecule has 0 spiro atoms. The SMILES string of the molecule is CC(CC(CC(C)c1ccc(OS(C)(=O)=O)cc1)c1ccc(O)cc1)c1ccc(OCc2ccc(S(=O)(=O)OCCC(C)(C)O)cc2)cc1. The van der Waals surface area contributed by atoms with Crippen LogP contribution < -0.4 is 8.92 Å². The molecule has 0 heterocycles. The summed E-state index contributed by atoms with van der Waals surface area (Å²) in [5.41, 5.74) is 3.15. The van der Waals surface area contributed by atoms with Crippen molar-refractivity contribution in [1.29, 1.82) is 0 Å². The van der Waals surface area contributed by atoms with E-state index in [4.69, 9.17) is 13.1 Å². The monoisotopic (exact) mass is 710 g/mol. The van der Waals surface area contributed by atoms with E-state index in [2.05, 4.69) is 26.0 Å². The van der Waals surface area contributed by atoms with Gasteiger partial charge in [0, 0.05) is 6.42 Å². The highest BCUT2D eigenvalue weighted by Gasteiger charge is 2.22. The zero-order valence-corrected chi connectivity index (χ0v) is 30.2. The lowest BCUT2D eigenvalue weighted by Gasteiger charge is -2.25. The van der Waals surface area contributed by atoms with Crippen LogP contribution in [0.1, 0.15) is 87.0 Å². The van der Waals surface area contributed by atoms with E-state index in [1.165, 1.54) is 12.1 Å². The van der Waals surface area contributed by atoms with Crippen molar-refractivity contribution in [2.24, 2.45) is 0 Å². The van der Waals surface area contributed by atoms with E-state index >= 15 is 0 Å². The quantitative estimate of drug-likeness (QED) is 0.106. The number of phenols is 1. The minimum absolute atomic E-state index is 0.0439. The van der Waals surface area contributed by atoms with Crippen LogP contribution in [0.25, 0.3) is 0 Å². The molecule has 0 bridgehead atoms. The maximum Gasteiger partial charge on any atom is 0.306 e. The molecule has 0 aromatic heterocycles. The minimum Gasteiger partial charge on any atom is -0.508 e. The topological polar surface area (TPSA) is 136 Å². The fraction of sp³-hybridized carbons (Fsp3) is 0.368. The first kappa shape index (κ1) is 37.9. The number of benzene rings is 4. The second-order valence-electron chi connectivity index (χ2n) is 13.3. The average Bonchev–Trinajstić information content (AvgIpc) is 3.03. The molecule has 4 aromatic rings. The molecular formula is C38H46O9S2. The molecule has 9 nitrogen and oxygen atoms in total. The Labute approximate surface area is 290 Å². The van der Waals surface area contributed by atoms with Crippen molar-refractivity contribution in [2.45, 2.75) is 81.8 Å². The predicted octanol–water partition coefficient (Wildman–Crippen LogP) is 7.65. The summed E-state index contributed by atoms with van der Waals surface area (Å²) in [5, 5.41) is 19.7. The van der Waals surface area contributed by atoms with E-state index in [-0.39, 0.29) is 53.8 Å². The van der Waals surface area contributed by atoms with E-state index in [0.717, 1.165) is 41.4 Å². The third kappa shape index (κ3) is 12.2. The summed E-state index contributed by atoms with van der Waals surface area (Å²) in [6.07, 6.45) is 2.92. The molecule has 0 aliphatic carbocycles.